The van der Waals surface area contributed by atoms with E-state index >= 15 is 0 Å². The maximum Gasteiger partial charge on any atom is 0.0950 e. The molecular formula is C10H18N2. The zero-order chi connectivity index (χ0) is 9.14. The fourth-order valence-electron chi connectivity index (χ4n) is 1.33. The van der Waals surface area contributed by atoms with E-state index in [4.69, 9.17) is 0 Å². The van der Waals surface area contributed by atoms with Crippen LogP contribution in [-0.2, 0) is 0 Å². The summed E-state index contributed by atoms with van der Waals surface area (Å²) in [6, 6.07) is 0.574. The molecule has 1 atom stereocenters. The average molecular weight is 166 g/mol. The first-order valence-electron chi connectivity index (χ1n) is 4.68. The molecule has 1 rings (SSSR count). The summed E-state index contributed by atoms with van der Waals surface area (Å²) in [5, 5.41) is 0. The minimum Gasteiger partial charge on any atom is -0.332 e. The fourth-order valence-corrected chi connectivity index (χ4v) is 1.33. The lowest BCUT2D eigenvalue weighted by Crippen LogP contribution is -2.07. The van der Waals surface area contributed by atoms with Crippen molar-refractivity contribution in [1.29, 1.82) is 0 Å². The van der Waals surface area contributed by atoms with Gasteiger partial charge in [0, 0.05) is 17.9 Å². The van der Waals surface area contributed by atoms with Crippen LogP contribution in [0.15, 0.2) is 12.5 Å². The number of nitrogens with zero attached hydrogens (tertiary/aromatic N) is 2. The molecule has 0 aliphatic rings. The second kappa shape index (κ2) is 3.74. The maximum atomic E-state index is 4.18. The van der Waals surface area contributed by atoms with Gasteiger partial charge in [-0.15, -0.1) is 0 Å². The van der Waals surface area contributed by atoms with Crippen molar-refractivity contribution >= 4 is 0 Å². The van der Waals surface area contributed by atoms with E-state index in [9.17, 15) is 0 Å². The average Bonchev–Trinajstić information content (AvgIpc) is 2.50. The quantitative estimate of drug-likeness (QED) is 0.675. The largest absolute Gasteiger partial charge is 0.332 e. The van der Waals surface area contributed by atoms with Crippen LogP contribution in [0.25, 0.3) is 0 Å². The number of imidazole rings is 1. The first kappa shape index (κ1) is 9.30. The van der Waals surface area contributed by atoms with E-state index in [0.717, 1.165) is 6.42 Å². The summed E-state index contributed by atoms with van der Waals surface area (Å²) in [5.41, 5.74) is 1.34. The van der Waals surface area contributed by atoms with E-state index in [-0.39, 0.29) is 0 Å². The Morgan fingerprint density at radius 1 is 1.42 bits per heavy atom. The zero-order valence-electron chi connectivity index (χ0n) is 8.41. The molecule has 1 aromatic heterocycles. The lowest BCUT2D eigenvalue weighted by Gasteiger charge is -2.16. The van der Waals surface area contributed by atoms with Crippen LogP contribution >= 0.6 is 0 Å². The van der Waals surface area contributed by atoms with Crippen molar-refractivity contribution in [3.63, 3.8) is 0 Å². The molecule has 0 N–H and O–H groups in total. The van der Waals surface area contributed by atoms with Gasteiger partial charge < -0.3 is 4.57 Å². The van der Waals surface area contributed by atoms with Crippen molar-refractivity contribution in [3.05, 3.63) is 18.2 Å². The standard InChI is InChI=1S/C10H18N2/c1-5-9(4)12-7-11-6-10(12)8(2)3/h6-9H,5H2,1-4H3. The Morgan fingerprint density at radius 2 is 2.08 bits per heavy atom. The monoisotopic (exact) mass is 166 g/mol. The van der Waals surface area contributed by atoms with Gasteiger partial charge in [-0.25, -0.2) is 4.98 Å². The van der Waals surface area contributed by atoms with E-state index in [2.05, 4.69) is 37.2 Å². The van der Waals surface area contributed by atoms with Gasteiger partial charge in [0.25, 0.3) is 0 Å². The van der Waals surface area contributed by atoms with E-state index in [0.29, 0.717) is 12.0 Å². The Balaban J connectivity index is 2.91. The van der Waals surface area contributed by atoms with Gasteiger partial charge in [-0.1, -0.05) is 20.8 Å². The van der Waals surface area contributed by atoms with Gasteiger partial charge in [-0.3, -0.25) is 0 Å². The predicted molar refractivity (Wildman–Crippen MR) is 51.3 cm³/mol. The van der Waals surface area contributed by atoms with Crippen LogP contribution in [0.5, 0.6) is 0 Å². The van der Waals surface area contributed by atoms with Gasteiger partial charge in [0.1, 0.15) is 0 Å². The molecule has 2 heteroatoms. The van der Waals surface area contributed by atoms with Gasteiger partial charge in [0.05, 0.1) is 6.33 Å². The molecule has 0 saturated heterocycles. The molecule has 12 heavy (non-hydrogen) atoms. The molecule has 0 saturated carbocycles. The highest BCUT2D eigenvalue weighted by molar-refractivity contribution is 5.04. The summed E-state index contributed by atoms with van der Waals surface area (Å²) < 4.78 is 2.27. The Kier molecular flexibility index (Phi) is 2.90. The molecule has 1 aromatic rings. The molecule has 1 heterocycles. The van der Waals surface area contributed by atoms with Crippen LogP contribution in [0, 0.1) is 0 Å². The summed E-state index contributed by atoms with van der Waals surface area (Å²) in [5.74, 6) is 0.571. The Labute approximate surface area is 74.6 Å². The van der Waals surface area contributed by atoms with Crippen molar-refractivity contribution in [2.75, 3.05) is 0 Å². The normalized spacial score (nSPS) is 13.8. The second-order valence-electron chi connectivity index (χ2n) is 3.64. The van der Waals surface area contributed by atoms with Crippen LogP contribution in [0.3, 0.4) is 0 Å². The molecule has 0 aromatic carbocycles. The van der Waals surface area contributed by atoms with Gasteiger partial charge in [-0.05, 0) is 19.3 Å². The lowest BCUT2D eigenvalue weighted by molar-refractivity contribution is 0.502. The molecule has 0 radical (unpaired) electrons. The summed E-state index contributed by atoms with van der Waals surface area (Å²) in [7, 11) is 0. The van der Waals surface area contributed by atoms with Crippen LogP contribution in [0.2, 0.25) is 0 Å². The van der Waals surface area contributed by atoms with Crippen LogP contribution < -0.4 is 0 Å². The molecule has 0 fully saturated rings. The van der Waals surface area contributed by atoms with Crippen molar-refractivity contribution < 1.29 is 0 Å². The molecule has 0 bridgehead atoms. The molecule has 0 amide bonds. The number of aromatic nitrogens is 2. The summed E-state index contributed by atoms with van der Waals surface area (Å²) in [6.45, 7) is 8.84. The first-order chi connectivity index (χ1) is 5.66. The van der Waals surface area contributed by atoms with E-state index in [1.165, 1.54) is 5.69 Å². The predicted octanol–water partition coefficient (Wildman–Crippen LogP) is 2.98. The Bertz CT molecular complexity index is 238. The third-order valence-electron chi connectivity index (χ3n) is 2.35. The smallest absolute Gasteiger partial charge is 0.0950 e. The number of hydrogen-bond acceptors (Lipinski definition) is 1. The molecule has 1 unspecified atom stereocenters. The number of rotatable bonds is 3. The third-order valence-corrected chi connectivity index (χ3v) is 2.35. The highest BCUT2D eigenvalue weighted by Gasteiger charge is 2.09. The van der Waals surface area contributed by atoms with E-state index < -0.39 is 0 Å². The maximum absolute atomic E-state index is 4.18. The highest BCUT2D eigenvalue weighted by Crippen LogP contribution is 2.19. The van der Waals surface area contributed by atoms with Crippen LogP contribution in [-0.4, -0.2) is 9.55 Å². The summed E-state index contributed by atoms with van der Waals surface area (Å²) in [6.07, 6.45) is 5.07. The molecule has 2 nitrogen and oxygen atoms in total. The fraction of sp³-hybridized carbons (Fsp3) is 0.700. The van der Waals surface area contributed by atoms with Crippen molar-refractivity contribution in [2.24, 2.45) is 0 Å². The summed E-state index contributed by atoms with van der Waals surface area (Å²) >= 11 is 0. The molecule has 0 spiro atoms. The van der Waals surface area contributed by atoms with Crippen molar-refractivity contribution in [2.45, 2.75) is 46.1 Å². The lowest BCUT2D eigenvalue weighted by atomic mass is 10.1. The third kappa shape index (κ3) is 1.68. The van der Waals surface area contributed by atoms with Crippen LogP contribution in [0.1, 0.15) is 51.8 Å². The number of hydrogen-bond donors (Lipinski definition) is 0. The van der Waals surface area contributed by atoms with E-state index in [1.807, 2.05) is 12.5 Å². The highest BCUT2D eigenvalue weighted by atomic mass is 15.1. The van der Waals surface area contributed by atoms with E-state index in [1.54, 1.807) is 0 Å². The molecule has 68 valence electrons. The molecule has 0 aliphatic carbocycles. The van der Waals surface area contributed by atoms with Gasteiger partial charge >= 0.3 is 0 Å². The topological polar surface area (TPSA) is 17.8 Å². The zero-order valence-corrected chi connectivity index (χ0v) is 8.41. The Morgan fingerprint density at radius 3 is 2.58 bits per heavy atom. The van der Waals surface area contributed by atoms with Gasteiger partial charge in [-0.2, -0.15) is 0 Å². The molecule has 0 aliphatic heterocycles. The second-order valence-corrected chi connectivity index (χ2v) is 3.64. The molecular weight excluding hydrogens is 148 g/mol. The minimum atomic E-state index is 0.571. The first-order valence-corrected chi connectivity index (χ1v) is 4.68. The van der Waals surface area contributed by atoms with Gasteiger partial charge in [0.2, 0.25) is 0 Å². The van der Waals surface area contributed by atoms with Crippen LogP contribution in [0.4, 0.5) is 0 Å². The summed E-state index contributed by atoms with van der Waals surface area (Å²) in [4.78, 5) is 4.18. The minimum absolute atomic E-state index is 0.571. The Hall–Kier alpha value is -0.790. The van der Waals surface area contributed by atoms with Crippen molar-refractivity contribution in [3.8, 4) is 0 Å². The van der Waals surface area contributed by atoms with Gasteiger partial charge in [0.15, 0.2) is 0 Å². The SMILES string of the molecule is CCC(C)n1cncc1C(C)C. The van der Waals surface area contributed by atoms with Crippen molar-refractivity contribution in [1.82, 2.24) is 9.55 Å².